The number of hydrogen-bond acceptors (Lipinski definition) is 3. The minimum absolute atomic E-state index is 0.0795. The van der Waals surface area contributed by atoms with Crippen LogP contribution in [0.25, 0.3) is 6.08 Å². The van der Waals surface area contributed by atoms with Gasteiger partial charge in [0.05, 0.1) is 17.2 Å². The van der Waals surface area contributed by atoms with Crippen molar-refractivity contribution >= 4 is 35.6 Å². The summed E-state index contributed by atoms with van der Waals surface area (Å²) in [6.45, 7) is 3.49. The number of nitrogens with zero attached hydrogens (tertiary/aromatic N) is 1. The number of alkyl halides is 3. The average molecular weight is 501 g/mol. The van der Waals surface area contributed by atoms with E-state index in [0.29, 0.717) is 28.1 Å². The summed E-state index contributed by atoms with van der Waals surface area (Å²) < 4.78 is 41.4. The summed E-state index contributed by atoms with van der Waals surface area (Å²) in [7, 11) is 1.51. The van der Waals surface area contributed by atoms with Crippen LogP contribution in [0.1, 0.15) is 48.9 Å². The molecule has 1 atom stereocenters. The summed E-state index contributed by atoms with van der Waals surface area (Å²) in [5, 5.41) is 1.53. The smallest absolute Gasteiger partial charge is 0.298 e. The molecule has 3 rings (SSSR count). The Kier molecular flexibility index (Phi) is 8.02. The zero-order valence-electron chi connectivity index (χ0n) is 19.4. The van der Waals surface area contributed by atoms with Gasteiger partial charge in [0, 0.05) is 17.6 Å². The molecule has 0 fully saturated rings. The van der Waals surface area contributed by atoms with Crippen molar-refractivity contribution in [2.24, 2.45) is 0 Å². The van der Waals surface area contributed by atoms with Crippen LogP contribution < -0.4 is 5.43 Å². The molecule has 182 valence electrons. The second-order valence-electron chi connectivity index (χ2n) is 8.13. The van der Waals surface area contributed by atoms with E-state index in [0.717, 1.165) is 11.6 Å². The maximum absolute atomic E-state index is 13.8. The fraction of sp³-hybridized carbons (Fsp3) is 0.185. The predicted molar refractivity (Wildman–Crippen MR) is 133 cm³/mol. The zero-order valence-corrected chi connectivity index (χ0v) is 20.1. The molecule has 0 heterocycles. The minimum atomic E-state index is -4.48. The first-order valence-corrected chi connectivity index (χ1v) is 11.1. The molecule has 0 radical (unpaired) electrons. The monoisotopic (exact) mass is 500 g/mol. The number of halogens is 4. The number of amides is 1. The quantitative estimate of drug-likeness (QED) is 0.275. The second-order valence-corrected chi connectivity index (χ2v) is 8.53. The van der Waals surface area contributed by atoms with Crippen LogP contribution in [0.2, 0.25) is 5.02 Å². The number of benzene rings is 3. The van der Waals surface area contributed by atoms with Gasteiger partial charge in [-0.15, -0.1) is 0 Å². The van der Waals surface area contributed by atoms with Gasteiger partial charge in [0.25, 0.3) is 5.91 Å². The number of hydrazine groups is 1. The van der Waals surface area contributed by atoms with Gasteiger partial charge in [-0.05, 0) is 60.4 Å². The number of carbonyl (C=O) groups excluding carboxylic acids is 2. The number of anilines is 1. The Hall–Kier alpha value is -3.58. The Labute approximate surface area is 207 Å². The molecule has 0 aliphatic rings. The Bertz CT molecular complexity index is 1230. The van der Waals surface area contributed by atoms with E-state index in [-0.39, 0.29) is 16.7 Å². The number of nitrogens with one attached hydrogen (secondary N) is 1. The lowest BCUT2D eigenvalue weighted by atomic mass is 9.94. The third-order valence-electron chi connectivity index (χ3n) is 5.65. The van der Waals surface area contributed by atoms with Crippen molar-refractivity contribution in [1.29, 1.82) is 0 Å². The van der Waals surface area contributed by atoms with Gasteiger partial charge >= 0.3 is 6.18 Å². The topological polar surface area (TPSA) is 49.4 Å². The van der Waals surface area contributed by atoms with Crippen LogP contribution in [0.3, 0.4) is 0 Å². The van der Waals surface area contributed by atoms with Crippen LogP contribution in [-0.2, 0) is 0 Å². The van der Waals surface area contributed by atoms with Gasteiger partial charge in [0.1, 0.15) is 0 Å². The Morgan fingerprint density at radius 3 is 2.31 bits per heavy atom. The Balaban J connectivity index is 1.75. The highest BCUT2D eigenvalue weighted by Gasteiger charge is 2.39. The number of hydrogen-bond donors (Lipinski definition) is 1. The zero-order chi connectivity index (χ0) is 25.8. The number of rotatable bonds is 7. The van der Waals surface area contributed by atoms with Gasteiger partial charge < -0.3 is 0 Å². The molecule has 0 bridgehead atoms. The van der Waals surface area contributed by atoms with Crippen molar-refractivity contribution in [2.75, 3.05) is 12.5 Å². The van der Waals surface area contributed by atoms with Crippen molar-refractivity contribution in [2.45, 2.75) is 25.9 Å². The van der Waals surface area contributed by atoms with Crippen LogP contribution in [0.5, 0.6) is 0 Å². The van der Waals surface area contributed by atoms with E-state index in [2.05, 4.69) is 5.43 Å². The third kappa shape index (κ3) is 6.31. The van der Waals surface area contributed by atoms with Crippen LogP contribution in [0.15, 0.2) is 66.7 Å². The van der Waals surface area contributed by atoms with Crippen molar-refractivity contribution in [1.82, 2.24) is 5.01 Å². The lowest BCUT2D eigenvalue weighted by molar-refractivity contribution is -0.139. The van der Waals surface area contributed by atoms with Crippen molar-refractivity contribution < 1.29 is 22.8 Å². The fourth-order valence-corrected chi connectivity index (χ4v) is 3.80. The Morgan fingerprint density at radius 2 is 1.71 bits per heavy atom. The van der Waals surface area contributed by atoms with E-state index >= 15 is 0 Å². The van der Waals surface area contributed by atoms with E-state index in [1.807, 2.05) is 0 Å². The molecular formula is C27H24ClF3N2O2. The molecule has 1 N–H and O–H groups in total. The largest absolute Gasteiger partial charge is 0.399 e. The van der Waals surface area contributed by atoms with Crippen LogP contribution in [0.4, 0.5) is 18.9 Å². The van der Waals surface area contributed by atoms with Crippen molar-refractivity contribution in [3.8, 4) is 0 Å². The molecule has 4 nitrogen and oxygen atoms in total. The van der Waals surface area contributed by atoms with Gasteiger partial charge in [0.15, 0.2) is 6.29 Å². The first-order valence-electron chi connectivity index (χ1n) is 10.7. The number of carbonyl (C=O) groups is 2. The summed E-state index contributed by atoms with van der Waals surface area (Å²) >= 11 is 6.12. The number of allylic oxidation sites excluding steroid dienone is 1. The first-order chi connectivity index (χ1) is 16.5. The molecule has 1 amide bonds. The summed E-state index contributed by atoms with van der Waals surface area (Å²) in [5.74, 6) is -2.21. The molecule has 0 saturated carbocycles. The molecule has 0 aliphatic carbocycles. The fourth-order valence-electron chi connectivity index (χ4n) is 3.53. The number of aryl methyl sites for hydroxylation is 1. The number of aldehydes is 1. The Morgan fingerprint density at radius 1 is 1.06 bits per heavy atom. The lowest BCUT2D eigenvalue weighted by Crippen LogP contribution is -2.32. The van der Waals surface area contributed by atoms with E-state index in [9.17, 15) is 22.8 Å². The minimum Gasteiger partial charge on any atom is -0.298 e. The maximum atomic E-state index is 13.8. The van der Waals surface area contributed by atoms with E-state index < -0.39 is 18.0 Å². The van der Waals surface area contributed by atoms with Crippen molar-refractivity contribution in [3.63, 3.8) is 0 Å². The van der Waals surface area contributed by atoms with Gasteiger partial charge in [-0.1, -0.05) is 60.2 Å². The third-order valence-corrected chi connectivity index (χ3v) is 6.04. The second kappa shape index (κ2) is 10.8. The molecule has 0 spiro atoms. The highest BCUT2D eigenvalue weighted by molar-refractivity contribution is 6.31. The summed E-state index contributed by atoms with van der Waals surface area (Å²) in [6, 6.07) is 15.9. The van der Waals surface area contributed by atoms with Gasteiger partial charge in [0.2, 0.25) is 0 Å². The van der Waals surface area contributed by atoms with E-state index in [1.54, 1.807) is 62.4 Å². The molecule has 0 aliphatic heterocycles. The van der Waals surface area contributed by atoms with E-state index in [4.69, 9.17) is 11.6 Å². The van der Waals surface area contributed by atoms with Gasteiger partial charge in [-0.2, -0.15) is 13.2 Å². The predicted octanol–water partition coefficient (Wildman–Crippen LogP) is 7.23. The van der Waals surface area contributed by atoms with E-state index in [1.165, 1.54) is 30.3 Å². The summed E-state index contributed by atoms with van der Waals surface area (Å²) in [6.07, 6.45) is -1.36. The molecular weight excluding hydrogens is 477 g/mol. The lowest BCUT2D eigenvalue weighted by Gasteiger charge is -2.20. The summed E-state index contributed by atoms with van der Waals surface area (Å²) in [5.41, 5.74) is 6.06. The first kappa shape index (κ1) is 26.0. The molecule has 0 aromatic heterocycles. The average Bonchev–Trinajstić information content (AvgIpc) is 2.82. The standard InChI is InChI=1S/C27H24ClF3N2O2/c1-17-14-21(15-25(28)18(17)2)24(27(29,30)31)13-10-19-8-11-22(12-9-19)32-33(3)26(35)23-7-5-4-6-20(23)16-34/h4-16,24,32H,1-3H3/b13-10+. The molecule has 0 saturated heterocycles. The molecule has 3 aromatic carbocycles. The highest BCUT2D eigenvalue weighted by Crippen LogP contribution is 2.38. The molecule has 3 aromatic rings. The van der Waals surface area contributed by atoms with Crippen LogP contribution in [-0.4, -0.2) is 30.4 Å². The van der Waals surface area contributed by atoms with Gasteiger partial charge in [-0.3, -0.25) is 20.0 Å². The molecule has 1 unspecified atom stereocenters. The molecule has 8 heteroatoms. The normalized spacial score (nSPS) is 12.4. The van der Waals surface area contributed by atoms with Crippen molar-refractivity contribution in [3.05, 3.63) is 105 Å². The highest BCUT2D eigenvalue weighted by atomic mass is 35.5. The van der Waals surface area contributed by atoms with Crippen LogP contribution in [0, 0.1) is 13.8 Å². The van der Waals surface area contributed by atoms with Crippen LogP contribution >= 0.6 is 11.6 Å². The maximum Gasteiger partial charge on any atom is 0.399 e. The SMILES string of the molecule is Cc1cc(C(/C=C/c2ccc(NN(C)C(=O)c3ccccc3C=O)cc2)C(F)(F)F)cc(Cl)c1C. The van der Waals surface area contributed by atoms with Gasteiger partial charge in [-0.25, -0.2) is 0 Å². The summed E-state index contributed by atoms with van der Waals surface area (Å²) in [4.78, 5) is 23.8. The molecule has 35 heavy (non-hydrogen) atoms.